The van der Waals surface area contributed by atoms with Crippen molar-refractivity contribution in [3.63, 3.8) is 0 Å². The third-order valence-electron chi connectivity index (χ3n) is 4.46. The Labute approximate surface area is 175 Å². The van der Waals surface area contributed by atoms with Gasteiger partial charge in [0, 0.05) is 0 Å². The topological polar surface area (TPSA) is 44.8 Å². The first-order valence-corrected chi connectivity index (χ1v) is 9.56. The molecule has 0 aliphatic carbocycles. The van der Waals surface area contributed by atoms with Gasteiger partial charge in [-0.3, -0.25) is 0 Å². The summed E-state index contributed by atoms with van der Waals surface area (Å²) in [6.07, 6.45) is 0. The molecule has 0 aliphatic rings. The molecule has 0 atom stereocenters. The van der Waals surface area contributed by atoms with Crippen LogP contribution in [0.15, 0.2) is 109 Å². The molecule has 0 saturated heterocycles. The molecule has 0 bridgehead atoms. The van der Waals surface area contributed by atoms with Crippen LogP contribution in [0, 0.1) is 0 Å². The number of benzene rings is 4. The van der Waals surface area contributed by atoms with Crippen molar-refractivity contribution in [3.8, 4) is 28.4 Å². The average Bonchev–Trinajstić information content (AvgIpc) is 2.81. The van der Waals surface area contributed by atoms with E-state index in [0.717, 1.165) is 16.9 Å². The Hall–Kier alpha value is -4.05. The van der Waals surface area contributed by atoms with Crippen LogP contribution in [0.5, 0.6) is 17.2 Å². The normalized spacial score (nSPS) is 10.3. The van der Waals surface area contributed by atoms with Crippen LogP contribution in [-0.4, -0.2) is 12.8 Å². The monoisotopic (exact) mass is 396 g/mol. The van der Waals surface area contributed by atoms with Crippen LogP contribution < -0.4 is 14.2 Å². The van der Waals surface area contributed by atoms with Gasteiger partial charge in [0.05, 0.1) is 5.56 Å². The SMILES string of the molecule is O=C(Oc1ccccc1)c1ccc(OCOc2ccc(-c3ccccc3)cc2)cc1. The summed E-state index contributed by atoms with van der Waals surface area (Å²) < 4.78 is 16.6. The highest BCUT2D eigenvalue weighted by molar-refractivity contribution is 5.91. The highest BCUT2D eigenvalue weighted by Crippen LogP contribution is 2.22. The maximum absolute atomic E-state index is 12.2. The van der Waals surface area contributed by atoms with E-state index < -0.39 is 5.97 Å². The fraction of sp³-hybridized carbons (Fsp3) is 0.0385. The molecule has 0 fully saturated rings. The average molecular weight is 396 g/mol. The minimum Gasteiger partial charge on any atom is -0.458 e. The predicted molar refractivity (Wildman–Crippen MR) is 116 cm³/mol. The van der Waals surface area contributed by atoms with E-state index in [4.69, 9.17) is 14.2 Å². The smallest absolute Gasteiger partial charge is 0.343 e. The third kappa shape index (κ3) is 5.06. The Morgan fingerprint density at radius 2 is 1.03 bits per heavy atom. The predicted octanol–water partition coefficient (Wildman–Crippen LogP) is 5.99. The molecule has 0 amide bonds. The molecule has 0 radical (unpaired) electrons. The molecule has 4 heteroatoms. The Kier molecular flexibility index (Phi) is 6.06. The van der Waals surface area contributed by atoms with Crippen molar-refractivity contribution in [3.05, 3.63) is 115 Å². The van der Waals surface area contributed by atoms with Crippen LogP contribution in [0.4, 0.5) is 0 Å². The van der Waals surface area contributed by atoms with Gasteiger partial charge in [0.15, 0.2) is 0 Å². The number of carbonyl (C=O) groups is 1. The van der Waals surface area contributed by atoms with E-state index in [0.29, 0.717) is 17.1 Å². The first-order valence-electron chi connectivity index (χ1n) is 9.56. The lowest BCUT2D eigenvalue weighted by Crippen LogP contribution is -2.09. The molecule has 0 aliphatic heterocycles. The number of ether oxygens (including phenoxy) is 3. The van der Waals surface area contributed by atoms with Gasteiger partial charge < -0.3 is 14.2 Å². The minimum absolute atomic E-state index is 0.0679. The summed E-state index contributed by atoms with van der Waals surface area (Å²) in [6.45, 7) is 0.0679. The molecule has 148 valence electrons. The Bertz CT molecular complexity index is 1070. The molecule has 30 heavy (non-hydrogen) atoms. The van der Waals surface area contributed by atoms with E-state index in [9.17, 15) is 4.79 Å². The molecular weight excluding hydrogens is 376 g/mol. The van der Waals surface area contributed by atoms with E-state index in [1.54, 1.807) is 36.4 Å². The fourth-order valence-corrected chi connectivity index (χ4v) is 2.88. The van der Waals surface area contributed by atoms with E-state index >= 15 is 0 Å². The summed E-state index contributed by atoms with van der Waals surface area (Å²) >= 11 is 0. The lowest BCUT2D eigenvalue weighted by Gasteiger charge is -2.10. The number of hydrogen-bond donors (Lipinski definition) is 0. The molecule has 0 N–H and O–H groups in total. The van der Waals surface area contributed by atoms with E-state index in [-0.39, 0.29) is 6.79 Å². The molecule has 4 aromatic rings. The van der Waals surface area contributed by atoms with E-state index in [2.05, 4.69) is 12.1 Å². The molecule has 0 unspecified atom stereocenters. The van der Waals surface area contributed by atoms with Crippen molar-refractivity contribution in [2.75, 3.05) is 6.79 Å². The van der Waals surface area contributed by atoms with Crippen molar-refractivity contribution in [1.82, 2.24) is 0 Å². The second kappa shape index (κ2) is 9.43. The van der Waals surface area contributed by atoms with Crippen molar-refractivity contribution in [2.45, 2.75) is 0 Å². The van der Waals surface area contributed by atoms with Crippen LogP contribution in [0.2, 0.25) is 0 Å². The van der Waals surface area contributed by atoms with Crippen molar-refractivity contribution >= 4 is 5.97 Å². The van der Waals surface area contributed by atoms with Gasteiger partial charge in [-0.05, 0) is 59.7 Å². The summed E-state index contributed by atoms with van der Waals surface area (Å²) in [5, 5.41) is 0. The van der Waals surface area contributed by atoms with Crippen LogP contribution in [0.3, 0.4) is 0 Å². The van der Waals surface area contributed by atoms with E-state index in [1.807, 2.05) is 60.7 Å². The summed E-state index contributed by atoms with van der Waals surface area (Å²) in [4.78, 5) is 12.2. The molecule has 4 aromatic carbocycles. The number of hydrogen-bond acceptors (Lipinski definition) is 4. The van der Waals surface area contributed by atoms with Gasteiger partial charge in [-0.2, -0.15) is 0 Å². The van der Waals surface area contributed by atoms with Gasteiger partial charge in [-0.1, -0.05) is 60.7 Å². The van der Waals surface area contributed by atoms with Gasteiger partial charge >= 0.3 is 5.97 Å². The fourth-order valence-electron chi connectivity index (χ4n) is 2.88. The van der Waals surface area contributed by atoms with Gasteiger partial charge in [-0.15, -0.1) is 0 Å². The van der Waals surface area contributed by atoms with Crippen molar-refractivity contribution in [1.29, 1.82) is 0 Å². The third-order valence-corrected chi connectivity index (χ3v) is 4.46. The summed E-state index contributed by atoms with van der Waals surface area (Å²) in [6, 6.07) is 33.7. The molecular formula is C26H20O4. The molecule has 0 aromatic heterocycles. The molecule has 4 rings (SSSR count). The number of carbonyl (C=O) groups excluding carboxylic acids is 1. The van der Waals surface area contributed by atoms with Gasteiger partial charge in [0.1, 0.15) is 17.2 Å². The van der Waals surface area contributed by atoms with E-state index in [1.165, 1.54) is 0 Å². The Morgan fingerprint density at radius 3 is 1.63 bits per heavy atom. The highest BCUT2D eigenvalue weighted by Gasteiger charge is 2.08. The van der Waals surface area contributed by atoms with Crippen LogP contribution in [0.25, 0.3) is 11.1 Å². The first kappa shape index (κ1) is 19.3. The van der Waals surface area contributed by atoms with Gasteiger partial charge in [-0.25, -0.2) is 4.79 Å². The number of rotatable bonds is 7. The summed E-state index contributed by atoms with van der Waals surface area (Å²) in [7, 11) is 0. The highest BCUT2D eigenvalue weighted by atomic mass is 16.7. The Morgan fingerprint density at radius 1 is 0.533 bits per heavy atom. The van der Waals surface area contributed by atoms with Crippen LogP contribution >= 0.6 is 0 Å². The second-order valence-corrected chi connectivity index (χ2v) is 6.52. The molecule has 0 heterocycles. The van der Waals surface area contributed by atoms with Crippen molar-refractivity contribution < 1.29 is 19.0 Å². The van der Waals surface area contributed by atoms with Gasteiger partial charge in [0.25, 0.3) is 0 Å². The van der Waals surface area contributed by atoms with Gasteiger partial charge in [0.2, 0.25) is 6.79 Å². The van der Waals surface area contributed by atoms with Crippen LogP contribution in [-0.2, 0) is 0 Å². The lowest BCUT2D eigenvalue weighted by atomic mass is 10.1. The zero-order valence-corrected chi connectivity index (χ0v) is 16.2. The van der Waals surface area contributed by atoms with Crippen molar-refractivity contribution in [2.24, 2.45) is 0 Å². The summed E-state index contributed by atoms with van der Waals surface area (Å²) in [5.74, 6) is 1.42. The minimum atomic E-state index is -0.414. The standard InChI is InChI=1S/C26H20O4/c27-26(30-25-9-5-2-6-10-25)22-13-17-24(18-14-22)29-19-28-23-15-11-21(12-16-23)20-7-3-1-4-8-20/h1-18H,19H2. The molecule has 4 nitrogen and oxygen atoms in total. The second-order valence-electron chi connectivity index (χ2n) is 6.52. The largest absolute Gasteiger partial charge is 0.458 e. The zero-order valence-electron chi connectivity index (χ0n) is 16.2. The Balaban J connectivity index is 1.27. The summed E-state index contributed by atoms with van der Waals surface area (Å²) in [5.41, 5.74) is 2.73. The lowest BCUT2D eigenvalue weighted by molar-refractivity contribution is 0.0734. The maximum Gasteiger partial charge on any atom is 0.343 e. The maximum atomic E-state index is 12.2. The number of esters is 1. The molecule has 0 spiro atoms. The first-order chi connectivity index (χ1) is 14.8. The van der Waals surface area contributed by atoms with Crippen LogP contribution in [0.1, 0.15) is 10.4 Å². The molecule has 0 saturated carbocycles. The quantitative estimate of drug-likeness (QED) is 0.219. The zero-order chi connectivity index (χ0) is 20.6. The number of para-hydroxylation sites is 1.